The van der Waals surface area contributed by atoms with Crippen molar-refractivity contribution in [3.63, 3.8) is 0 Å². The molecule has 4 heteroatoms. The Morgan fingerprint density at radius 2 is 2.13 bits per heavy atom. The predicted octanol–water partition coefficient (Wildman–Crippen LogP) is 1.12. The van der Waals surface area contributed by atoms with E-state index in [4.69, 9.17) is 5.73 Å². The van der Waals surface area contributed by atoms with Crippen LogP contribution in [0.25, 0.3) is 0 Å². The Kier molecular flexibility index (Phi) is 2.69. The van der Waals surface area contributed by atoms with Gasteiger partial charge in [0, 0.05) is 19.5 Å². The van der Waals surface area contributed by atoms with E-state index in [1.807, 2.05) is 18.7 Å². The number of hydrogen-bond donors (Lipinski definition) is 1. The van der Waals surface area contributed by atoms with E-state index in [0.717, 1.165) is 23.6 Å². The van der Waals surface area contributed by atoms with E-state index in [-0.39, 0.29) is 0 Å². The van der Waals surface area contributed by atoms with Gasteiger partial charge in [-0.2, -0.15) is 5.10 Å². The van der Waals surface area contributed by atoms with Crippen LogP contribution in [0.5, 0.6) is 0 Å². The zero-order chi connectivity index (χ0) is 11.0. The summed E-state index contributed by atoms with van der Waals surface area (Å²) in [6.07, 6.45) is 2.46. The number of likely N-dealkylation sites (tertiary alicyclic amines) is 1. The highest BCUT2D eigenvalue weighted by Crippen LogP contribution is 2.30. The van der Waals surface area contributed by atoms with Crippen molar-refractivity contribution in [1.29, 1.82) is 0 Å². The van der Waals surface area contributed by atoms with Gasteiger partial charge in [0.1, 0.15) is 0 Å². The first kappa shape index (κ1) is 10.5. The van der Waals surface area contributed by atoms with Gasteiger partial charge in [0.15, 0.2) is 0 Å². The topological polar surface area (TPSA) is 47.1 Å². The summed E-state index contributed by atoms with van der Waals surface area (Å²) in [4.78, 5) is 2.36. The summed E-state index contributed by atoms with van der Waals surface area (Å²) in [5, 5.41) is 4.53. The molecule has 0 spiro atoms. The van der Waals surface area contributed by atoms with Crippen molar-refractivity contribution < 1.29 is 0 Å². The molecule has 1 aromatic rings. The van der Waals surface area contributed by atoms with Gasteiger partial charge in [-0.25, -0.2) is 0 Å². The minimum atomic E-state index is 0.517. The van der Waals surface area contributed by atoms with Crippen LogP contribution in [0.4, 0.5) is 5.69 Å². The van der Waals surface area contributed by atoms with Crippen LogP contribution in [-0.4, -0.2) is 34.8 Å². The Morgan fingerprint density at radius 1 is 1.40 bits per heavy atom. The number of nitrogens with zero attached hydrogens (tertiary/aromatic N) is 3. The predicted molar refractivity (Wildman–Crippen MR) is 61.8 cm³/mol. The Bertz CT molecular complexity index is 356. The lowest BCUT2D eigenvalue weighted by atomic mass is 9.94. The standard InChI is InChI=1S/C11H20N4/c1-8-10(12)11(13-15(8)3)9-5-4-6-14(2)7-9/h9H,4-7,12H2,1-3H3. The highest BCUT2D eigenvalue weighted by molar-refractivity contribution is 5.49. The van der Waals surface area contributed by atoms with E-state index in [2.05, 4.69) is 17.0 Å². The molecule has 0 bridgehead atoms. The number of hydrogen-bond acceptors (Lipinski definition) is 3. The molecule has 0 amide bonds. The lowest BCUT2D eigenvalue weighted by Gasteiger charge is -2.28. The van der Waals surface area contributed by atoms with Gasteiger partial charge < -0.3 is 10.6 Å². The SMILES string of the molecule is Cc1c(N)c(C2CCCN(C)C2)nn1C. The van der Waals surface area contributed by atoms with Gasteiger partial charge in [0.25, 0.3) is 0 Å². The number of nitrogens with two attached hydrogens (primary N) is 1. The lowest BCUT2D eigenvalue weighted by molar-refractivity contribution is 0.248. The highest BCUT2D eigenvalue weighted by Gasteiger charge is 2.24. The molecule has 1 aliphatic rings. The van der Waals surface area contributed by atoms with Crippen molar-refractivity contribution in [3.05, 3.63) is 11.4 Å². The smallest absolute Gasteiger partial charge is 0.0900 e. The fourth-order valence-corrected chi connectivity index (χ4v) is 2.34. The maximum absolute atomic E-state index is 6.08. The van der Waals surface area contributed by atoms with E-state index in [9.17, 15) is 0 Å². The Balaban J connectivity index is 2.25. The number of rotatable bonds is 1. The summed E-state index contributed by atoms with van der Waals surface area (Å²) in [6, 6.07) is 0. The molecular formula is C11H20N4. The van der Waals surface area contributed by atoms with Gasteiger partial charge in [-0.3, -0.25) is 4.68 Å². The maximum atomic E-state index is 6.08. The zero-order valence-corrected chi connectivity index (χ0v) is 9.82. The zero-order valence-electron chi connectivity index (χ0n) is 9.82. The minimum absolute atomic E-state index is 0.517. The molecule has 0 saturated carbocycles. The van der Waals surface area contributed by atoms with Crippen LogP contribution in [-0.2, 0) is 7.05 Å². The van der Waals surface area contributed by atoms with Crippen molar-refractivity contribution in [3.8, 4) is 0 Å². The van der Waals surface area contributed by atoms with Gasteiger partial charge in [-0.05, 0) is 33.4 Å². The molecule has 1 fully saturated rings. The van der Waals surface area contributed by atoms with Crippen LogP contribution in [0, 0.1) is 6.92 Å². The lowest BCUT2D eigenvalue weighted by Crippen LogP contribution is -2.31. The van der Waals surface area contributed by atoms with Crippen molar-refractivity contribution in [2.45, 2.75) is 25.7 Å². The highest BCUT2D eigenvalue weighted by atomic mass is 15.3. The first-order chi connectivity index (χ1) is 7.09. The molecule has 2 rings (SSSR count). The quantitative estimate of drug-likeness (QED) is 0.752. The van der Waals surface area contributed by atoms with Crippen LogP contribution in [0.15, 0.2) is 0 Å². The number of nitrogen functional groups attached to an aromatic ring is 1. The van der Waals surface area contributed by atoms with Crippen molar-refractivity contribution in [2.75, 3.05) is 25.9 Å². The van der Waals surface area contributed by atoms with Crippen LogP contribution in [0.3, 0.4) is 0 Å². The average molecular weight is 208 g/mol. The number of aryl methyl sites for hydroxylation is 1. The summed E-state index contributed by atoms with van der Waals surface area (Å²) in [5.74, 6) is 0.517. The van der Waals surface area contributed by atoms with E-state index < -0.39 is 0 Å². The summed E-state index contributed by atoms with van der Waals surface area (Å²) in [7, 11) is 4.12. The molecule has 0 aliphatic carbocycles. The number of likely N-dealkylation sites (N-methyl/N-ethyl adjacent to an activating group) is 1. The Labute approximate surface area is 91.1 Å². The van der Waals surface area contributed by atoms with E-state index in [1.54, 1.807) is 0 Å². The molecule has 2 N–H and O–H groups in total. The molecule has 1 atom stereocenters. The Hall–Kier alpha value is -1.03. The minimum Gasteiger partial charge on any atom is -0.396 e. The average Bonchev–Trinajstić information content (AvgIpc) is 2.46. The summed E-state index contributed by atoms with van der Waals surface area (Å²) in [5.41, 5.74) is 9.15. The largest absolute Gasteiger partial charge is 0.396 e. The van der Waals surface area contributed by atoms with Crippen molar-refractivity contribution in [2.24, 2.45) is 7.05 Å². The second-order valence-electron chi connectivity index (χ2n) is 4.61. The third-order valence-corrected chi connectivity index (χ3v) is 3.42. The Morgan fingerprint density at radius 3 is 2.67 bits per heavy atom. The third-order valence-electron chi connectivity index (χ3n) is 3.42. The molecule has 2 heterocycles. The van der Waals surface area contributed by atoms with Crippen molar-refractivity contribution >= 4 is 5.69 Å². The molecule has 4 nitrogen and oxygen atoms in total. The molecule has 15 heavy (non-hydrogen) atoms. The molecule has 0 radical (unpaired) electrons. The van der Waals surface area contributed by atoms with E-state index in [1.165, 1.54) is 19.4 Å². The number of aromatic nitrogens is 2. The second-order valence-corrected chi connectivity index (χ2v) is 4.61. The molecule has 1 saturated heterocycles. The number of anilines is 1. The fourth-order valence-electron chi connectivity index (χ4n) is 2.34. The second kappa shape index (κ2) is 3.85. The molecule has 1 aliphatic heterocycles. The molecule has 1 aromatic heterocycles. The monoisotopic (exact) mass is 208 g/mol. The number of piperidine rings is 1. The van der Waals surface area contributed by atoms with Gasteiger partial charge in [0.2, 0.25) is 0 Å². The van der Waals surface area contributed by atoms with Crippen molar-refractivity contribution in [1.82, 2.24) is 14.7 Å². The van der Waals surface area contributed by atoms with Crippen LogP contribution in [0.1, 0.15) is 30.1 Å². The van der Waals surface area contributed by atoms with Crippen LogP contribution >= 0.6 is 0 Å². The molecular weight excluding hydrogens is 188 g/mol. The van der Waals surface area contributed by atoms with Crippen LogP contribution < -0.4 is 5.73 Å². The summed E-state index contributed by atoms with van der Waals surface area (Å²) >= 11 is 0. The third kappa shape index (κ3) is 1.86. The summed E-state index contributed by atoms with van der Waals surface area (Å²) < 4.78 is 1.89. The molecule has 84 valence electrons. The maximum Gasteiger partial charge on any atom is 0.0900 e. The van der Waals surface area contributed by atoms with Gasteiger partial charge in [0.05, 0.1) is 17.1 Å². The van der Waals surface area contributed by atoms with Gasteiger partial charge in [-0.1, -0.05) is 0 Å². The molecule has 0 aromatic carbocycles. The molecule has 1 unspecified atom stereocenters. The van der Waals surface area contributed by atoms with Gasteiger partial charge >= 0.3 is 0 Å². The van der Waals surface area contributed by atoms with E-state index >= 15 is 0 Å². The normalized spacial score (nSPS) is 23.3. The fraction of sp³-hybridized carbons (Fsp3) is 0.727. The van der Waals surface area contributed by atoms with Crippen LogP contribution in [0.2, 0.25) is 0 Å². The first-order valence-corrected chi connectivity index (χ1v) is 5.57. The van der Waals surface area contributed by atoms with E-state index in [0.29, 0.717) is 5.92 Å². The summed E-state index contributed by atoms with van der Waals surface area (Å²) in [6.45, 7) is 4.31. The first-order valence-electron chi connectivity index (χ1n) is 5.57. The van der Waals surface area contributed by atoms with Gasteiger partial charge in [-0.15, -0.1) is 0 Å².